The molecule has 0 aromatic heterocycles. The van der Waals surface area contributed by atoms with Crippen LogP contribution >= 0.6 is 15.9 Å². The number of hydrogen-bond acceptors (Lipinski definition) is 2. The molecule has 0 spiro atoms. The second kappa shape index (κ2) is 6.52. The Morgan fingerprint density at radius 2 is 2.05 bits per heavy atom. The first-order valence-corrected chi connectivity index (χ1v) is 6.93. The van der Waals surface area contributed by atoms with Crippen molar-refractivity contribution in [2.24, 2.45) is 0 Å². The Morgan fingerprint density at radius 1 is 1.25 bits per heavy atom. The summed E-state index contributed by atoms with van der Waals surface area (Å²) in [4.78, 5) is 11.8. The first-order valence-electron chi connectivity index (χ1n) is 6.14. The van der Waals surface area contributed by atoms with Gasteiger partial charge in [0.25, 0.3) is 0 Å². The van der Waals surface area contributed by atoms with E-state index in [1.165, 1.54) is 6.07 Å². The fourth-order valence-electron chi connectivity index (χ4n) is 1.80. The molecule has 104 valence electrons. The Balaban J connectivity index is 1.91. The number of rotatable bonds is 4. The van der Waals surface area contributed by atoms with Gasteiger partial charge in [-0.05, 0) is 58.2 Å². The van der Waals surface area contributed by atoms with Crippen LogP contribution in [-0.2, 0) is 11.2 Å². The van der Waals surface area contributed by atoms with E-state index < -0.39 is 5.82 Å². The van der Waals surface area contributed by atoms with Crippen molar-refractivity contribution in [3.05, 3.63) is 58.3 Å². The number of hydrogen-bond donors (Lipinski definition) is 2. The minimum atomic E-state index is -0.404. The molecule has 0 radical (unpaired) electrons. The number of nitrogen functional groups attached to an aromatic ring is 1. The number of aryl methyl sites for hydroxylation is 1. The van der Waals surface area contributed by atoms with Crippen molar-refractivity contribution in [1.29, 1.82) is 0 Å². The average Bonchev–Trinajstić information content (AvgIpc) is 2.41. The summed E-state index contributed by atoms with van der Waals surface area (Å²) >= 11 is 3.06. The zero-order valence-electron chi connectivity index (χ0n) is 10.7. The number of benzene rings is 2. The number of carbonyl (C=O) groups excluding carboxylic acids is 1. The van der Waals surface area contributed by atoms with Gasteiger partial charge in [0, 0.05) is 17.8 Å². The van der Waals surface area contributed by atoms with E-state index in [9.17, 15) is 9.18 Å². The molecule has 0 atom stereocenters. The number of amides is 1. The third-order valence-electron chi connectivity index (χ3n) is 2.80. The van der Waals surface area contributed by atoms with E-state index in [2.05, 4.69) is 21.2 Å². The van der Waals surface area contributed by atoms with Crippen LogP contribution < -0.4 is 11.1 Å². The van der Waals surface area contributed by atoms with Gasteiger partial charge in [-0.1, -0.05) is 12.1 Å². The summed E-state index contributed by atoms with van der Waals surface area (Å²) in [5.74, 6) is -0.562. The van der Waals surface area contributed by atoms with Crippen molar-refractivity contribution in [1.82, 2.24) is 0 Å². The number of anilines is 2. The van der Waals surface area contributed by atoms with Crippen LogP contribution in [0.2, 0.25) is 0 Å². The largest absolute Gasteiger partial charge is 0.399 e. The third-order valence-corrected chi connectivity index (χ3v) is 3.44. The van der Waals surface area contributed by atoms with Gasteiger partial charge in [-0.15, -0.1) is 0 Å². The van der Waals surface area contributed by atoms with Gasteiger partial charge in [0.2, 0.25) is 5.91 Å². The summed E-state index contributed by atoms with van der Waals surface area (Å²) in [5.41, 5.74) is 7.80. The standard InChI is InChI=1S/C15H14BrFN2O/c16-13-6-5-12(9-14(13)17)19-15(20)7-4-10-2-1-3-11(18)8-10/h1-3,5-6,8-9H,4,7,18H2,(H,19,20). The molecule has 0 fully saturated rings. The van der Waals surface area contributed by atoms with E-state index in [0.29, 0.717) is 28.7 Å². The van der Waals surface area contributed by atoms with Crippen molar-refractivity contribution in [2.45, 2.75) is 12.8 Å². The van der Waals surface area contributed by atoms with Gasteiger partial charge >= 0.3 is 0 Å². The van der Waals surface area contributed by atoms with Crippen molar-refractivity contribution in [2.75, 3.05) is 11.1 Å². The summed E-state index contributed by atoms with van der Waals surface area (Å²) < 4.78 is 13.7. The molecule has 3 nitrogen and oxygen atoms in total. The minimum absolute atomic E-state index is 0.158. The molecule has 3 N–H and O–H groups in total. The lowest BCUT2D eigenvalue weighted by molar-refractivity contribution is -0.116. The Kier molecular flexibility index (Phi) is 4.74. The molecule has 0 aliphatic carbocycles. The number of nitrogens with one attached hydrogen (secondary N) is 1. The lowest BCUT2D eigenvalue weighted by Crippen LogP contribution is -2.12. The van der Waals surface area contributed by atoms with Crippen LogP contribution in [-0.4, -0.2) is 5.91 Å². The van der Waals surface area contributed by atoms with Crippen molar-refractivity contribution in [3.8, 4) is 0 Å². The van der Waals surface area contributed by atoms with Crippen LogP contribution in [0, 0.1) is 5.82 Å². The molecule has 5 heteroatoms. The Bertz CT molecular complexity index is 631. The van der Waals surface area contributed by atoms with E-state index in [1.807, 2.05) is 18.2 Å². The van der Waals surface area contributed by atoms with Crippen molar-refractivity contribution >= 4 is 33.2 Å². The van der Waals surface area contributed by atoms with E-state index in [4.69, 9.17) is 5.73 Å². The van der Waals surface area contributed by atoms with Crippen LogP contribution in [0.15, 0.2) is 46.9 Å². The molecular formula is C15H14BrFN2O. The molecule has 20 heavy (non-hydrogen) atoms. The highest BCUT2D eigenvalue weighted by Crippen LogP contribution is 2.19. The van der Waals surface area contributed by atoms with Gasteiger partial charge in [-0.25, -0.2) is 4.39 Å². The topological polar surface area (TPSA) is 55.1 Å². The van der Waals surface area contributed by atoms with Crippen LogP contribution in [0.25, 0.3) is 0 Å². The monoisotopic (exact) mass is 336 g/mol. The number of carbonyl (C=O) groups is 1. The normalized spacial score (nSPS) is 10.3. The highest BCUT2D eigenvalue weighted by molar-refractivity contribution is 9.10. The van der Waals surface area contributed by atoms with Gasteiger partial charge in [0.15, 0.2) is 0 Å². The predicted molar refractivity (Wildman–Crippen MR) is 81.9 cm³/mol. The molecule has 0 aliphatic heterocycles. The second-order valence-electron chi connectivity index (χ2n) is 4.42. The number of nitrogens with two attached hydrogens (primary N) is 1. The first-order chi connectivity index (χ1) is 9.54. The van der Waals surface area contributed by atoms with Crippen molar-refractivity contribution < 1.29 is 9.18 Å². The predicted octanol–water partition coefficient (Wildman–Crippen LogP) is 3.74. The molecular weight excluding hydrogens is 323 g/mol. The Morgan fingerprint density at radius 3 is 2.75 bits per heavy atom. The van der Waals surface area contributed by atoms with Gasteiger partial charge in [-0.2, -0.15) is 0 Å². The molecule has 2 rings (SSSR count). The number of halogens is 2. The minimum Gasteiger partial charge on any atom is -0.399 e. The molecule has 0 saturated heterocycles. The maximum absolute atomic E-state index is 13.3. The van der Waals surface area contributed by atoms with E-state index in [-0.39, 0.29) is 5.91 Å². The molecule has 0 unspecified atom stereocenters. The van der Waals surface area contributed by atoms with Gasteiger partial charge < -0.3 is 11.1 Å². The van der Waals surface area contributed by atoms with Crippen LogP contribution in [0.1, 0.15) is 12.0 Å². The quantitative estimate of drug-likeness (QED) is 0.835. The smallest absolute Gasteiger partial charge is 0.224 e. The molecule has 0 aliphatic rings. The Hall–Kier alpha value is -1.88. The third kappa shape index (κ3) is 4.06. The Labute approximate surface area is 125 Å². The van der Waals surface area contributed by atoms with E-state index in [0.717, 1.165) is 5.56 Å². The molecule has 0 bridgehead atoms. The fraction of sp³-hybridized carbons (Fsp3) is 0.133. The average molecular weight is 337 g/mol. The SMILES string of the molecule is Nc1cccc(CCC(=O)Nc2ccc(Br)c(F)c2)c1. The molecule has 0 heterocycles. The summed E-state index contributed by atoms with van der Waals surface area (Å²) in [6.07, 6.45) is 0.914. The van der Waals surface area contributed by atoms with Crippen LogP contribution in [0.4, 0.5) is 15.8 Å². The molecule has 2 aromatic carbocycles. The van der Waals surface area contributed by atoms with Gasteiger partial charge in [0.1, 0.15) is 5.82 Å². The maximum Gasteiger partial charge on any atom is 0.224 e. The summed E-state index contributed by atoms with van der Waals surface area (Å²) in [7, 11) is 0. The highest BCUT2D eigenvalue weighted by Gasteiger charge is 2.06. The van der Waals surface area contributed by atoms with Crippen molar-refractivity contribution in [3.63, 3.8) is 0 Å². The highest BCUT2D eigenvalue weighted by atomic mass is 79.9. The summed E-state index contributed by atoms with van der Waals surface area (Å²) in [6.45, 7) is 0. The van der Waals surface area contributed by atoms with Crippen LogP contribution in [0.5, 0.6) is 0 Å². The van der Waals surface area contributed by atoms with Crippen LogP contribution in [0.3, 0.4) is 0 Å². The fourth-order valence-corrected chi connectivity index (χ4v) is 2.05. The lowest BCUT2D eigenvalue weighted by atomic mass is 10.1. The van der Waals surface area contributed by atoms with Gasteiger partial charge in [0.05, 0.1) is 4.47 Å². The van der Waals surface area contributed by atoms with E-state index in [1.54, 1.807) is 18.2 Å². The second-order valence-corrected chi connectivity index (χ2v) is 5.28. The summed E-state index contributed by atoms with van der Waals surface area (Å²) in [5, 5.41) is 2.66. The molecule has 0 saturated carbocycles. The zero-order valence-corrected chi connectivity index (χ0v) is 12.3. The first kappa shape index (κ1) is 14.5. The maximum atomic E-state index is 13.3. The molecule has 1 amide bonds. The summed E-state index contributed by atoms with van der Waals surface area (Å²) in [6, 6.07) is 11.9. The molecule has 2 aromatic rings. The lowest BCUT2D eigenvalue weighted by Gasteiger charge is -2.06. The van der Waals surface area contributed by atoms with E-state index >= 15 is 0 Å². The zero-order chi connectivity index (χ0) is 14.5. The van der Waals surface area contributed by atoms with Gasteiger partial charge in [-0.3, -0.25) is 4.79 Å².